The Balaban J connectivity index is 2.87. The number of hydrogen-bond acceptors (Lipinski definition) is 2. The standard InChI is InChI=1S/C9H10ClNO2/c1-6(4-10)8-3-2-7(5-11-8)9(12)13/h2-3,5-6H,4H2,1H3,(H,12,13). The van der Waals surface area contributed by atoms with E-state index in [0.29, 0.717) is 5.88 Å². The Morgan fingerprint density at radius 3 is 2.77 bits per heavy atom. The largest absolute Gasteiger partial charge is 0.478 e. The summed E-state index contributed by atoms with van der Waals surface area (Å²) < 4.78 is 0. The lowest BCUT2D eigenvalue weighted by Crippen LogP contribution is -2.01. The predicted octanol–water partition coefficient (Wildman–Crippen LogP) is 2.12. The summed E-state index contributed by atoms with van der Waals surface area (Å²) in [7, 11) is 0. The molecule has 1 rings (SSSR count). The summed E-state index contributed by atoms with van der Waals surface area (Å²) in [6, 6.07) is 3.23. The lowest BCUT2D eigenvalue weighted by Gasteiger charge is -2.05. The lowest BCUT2D eigenvalue weighted by molar-refractivity contribution is 0.0696. The van der Waals surface area contributed by atoms with Gasteiger partial charge in [0, 0.05) is 23.7 Å². The van der Waals surface area contributed by atoms with Crippen LogP contribution in [0.1, 0.15) is 28.9 Å². The molecule has 0 saturated heterocycles. The highest BCUT2D eigenvalue weighted by molar-refractivity contribution is 6.18. The minimum atomic E-state index is -0.961. The molecule has 0 bridgehead atoms. The smallest absolute Gasteiger partial charge is 0.337 e. The molecule has 1 unspecified atom stereocenters. The van der Waals surface area contributed by atoms with E-state index in [2.05, 4.69) is 4.98 Å². The van der Waals surface area contributed by atoms with Crippen LogP contribution in [0.15, 0.2) is 18.3 Å². The van der Waals surface area contributed by atoms with Crippen LogP contribution in [0.25, 0.3) is 0 Å². The van der Waals surface area contributed by atoms with E-state index in [9.17, 15) is 4.79 Å². The summed E-state index contributed by atoms with van der Waals surface area (Å²) in [4.78, 5) is 14.5. The van der Waals surface area contributed by atoms with Crippen molar-refractivity contribution in [1.29, 1.82) is 0 Å². The second kappa shape index (κ2) is 4.23. The van der Waals surface area contributed by atoms with Gasteiger partial charge in [-0.3, -0.25) is 4.98 Å². The van der Waals surface area contributed by atoms with Gasteiger partial charge in [-0.25, -0.2) is 4.79 Å². The average molecular weight is 200 g/mol. The first-order chi connectivity index (χ1) is 6.15. The van der Waals surface area contributed by atoms with E-state index >= 15 is 0 Å². The maximum absolute atomic E-state index is 10.5. The molecule has 1 N–H and O–H groups in total. The van der Waals surface area contributed by atoms with Crippen LogP contribution in [0.4, 0.5) is 0 Å². The Bertz CT molecular complexity index is 297. The monoisotopic (exact) mass is 199 g/mol. The van der Waals surface area contributed by atoms with E-state index in [0.717, 1.165) is 5.69 Å². The number of carbonyl (C=O) groups is 1. The van der Waals surface area contributed by atoms with Crippen LogP contribution in [0.5, 0.6) is 0 Å². The zero-order valence-corrected chi connectivity index (χ0v) is 7.95. The van der Waals surface area contributed by atoms with Gasteiger partial charge in [-0.1, -0.05) is 6.92 Å². The van der Waals surface area contributed by atoms with Crippen molar-refractivity contribution < 1.29 is 9.90 Å². The van der Waals surface area contributed by atoms with Crippen molar-refractivity contribution in [2.24, 2.45) is 0 Å². The van der Waals surface area contributed by atoms with E-state index in [1.807, 2.05) is 6.92 Å². The molecule has 0 aliphatic rings. The van der Waals surface area contributed by atoms with Gasteiger partial charge in [0.2, 0.25) is 0 Å². The molecule has 1 heterocycles. The number of alkyl halides is 1. The third kappa shape index (κ3) is 2.42. The zero-order chi connectivity index (χ0) is 9.84. The number of pyridine rings is 1. The van der Waals surface area contributed by atoms with Gasteiger partial charge in [-0.15, -0.1) is 11.6 Å². The Morgan fingerprint density at radius 2 is 2.38 bits per heavy atom. The maximum atomic E-state index is 10.5. The zero-order valence-electron chi connectivity index (χ0n) is 7.20. The van der Waals surface area contributed by atoms with Gasteiger partial charge in [0.15, 0.2) is 0 Å². The van der Waals surface area contributed by atoms with Gasteiger partial charge in [0.25, 0.3) is 0 Å². The molecule has 1 aromatic rings. The van der Waals surface area contributed by atoms with Gasteiger partial charge in [-0.05, 0) is 12.1 Å². The van der Waals surface area contributed by atoms with Crippen LogP contribution < -0.4 is 0 Å². The molecule has 0 aromatic carbocycles. The molecule has 1 atom stereocenters. The summed E-state index contributed by atoms with van der Waals surface area (Å²) in [5.74, 6) is -0.318. The minimum Gasteiger partial charge on any atom is -0.478 e. The molecule has 0 aliphatic carbocycles. The SMILES string of the molecule is CC(CCl)c1ccc(C(=O)O)cn1. The van der Waals surface area contributed by atoms with Crippen LogP contribution in [0, 0.1) is 0 Å². The molecule has 0 aliphatic heterocycles. The molecular formula is C9H10ClNO2. The van der Waals surface area contributed by atoms with Crippen molar-refractivity contribution >= 4 is 17.6 Å². The van der Waals surface area contributed by atoms with E-state index in [1.54, 1.807) is 6.07 Å². The van der Waals surface area contributed by atoms with Crippen molar-refractivity contribution in [2.45, 2.75) is 12.8 Å². The number of nitrogens with zero attached hydrogens (tertiary/aromatic N) is 1. The second-order valence-electron chi connectivity index (χ2n) is 2.83. The van der Waals surface area contributed by atoms with Crippen LogP contribution >= 0.6 is 11.6 Å². The predicted molar refractivity (Wildman–Crippen MR) is 50.3 cm³/mol. The molecule has 4 heteroatoms. The highest BCUT2D eigenvalue weighted by Crippen LogP contribution is 2.13. The Hall–Kier alpha value is -1.09. The van der Waals surface area contributed by atoms with E-state index in [4.69, 9.17) is 16.7 Å². The highest BCUT2D eigenvalue weighted by atomic mass is 35.5. The topological polar surface area (TPSA) is 50.2 Å². The van der Waals surface area contributed by atoms with Crippen molar-refractivity contribution in [3.63, 3.8) is 0 Å². The quantitative estimate of drug-likeness (QED) is 0.759. The van der Waals surface area contributed by atoms with Crippen molar-refractivity contribution in [1.82, 2.24) is 4.98 Å². The van der Waals surface area contributed by atoms with Gasteiger partial charge >= 0.3 is 5.97 Å². The van der Waals surface area contributed by atoms with Gasteiger partial charge in [0.05, 0.1) is 5.56 Å². The first-order valence-corrected chi connectivity index (χ1v) is 4.43. The molecule has 0 spiro atoms. The molecule has 1 aromatic heterocycles. The van der Waals surface area contributed by atoms with Gasteiger partial charge in [0.1, 0.15) is 0 Å². The number of hydrogen-bond donors (Lipinski definition) is 1. The van der Waals surface area contributed by atoms with Crippen molar-refractivity contribution in [2.75, 3.05) is 5.88 Å². The summed E-state index contributed by atoms with van der Waals surface area (Å²) in [5, 5.41) is 8.61. The third-order valence-electron chi connectivity index (χ3n) is 1.77. The van der Waals surface area contributed by atoms with Gasteiger partial charge in [-0.2, -0.15) is 0 Å². The summed E-state index contributed by atoms with van der Waals surface area (Å²) in [5.41, 5.74) is 1.02. The molecule has 0 radical (unpaired) electrons. The van der Waals surface area contributed by atoms with Crippen molar-refractivity contribution in [3.8, 4) is 0 Å². The number of rotatable bonds is 3. The Labute approximate surface area is 81.4 Å². The van der Waals surface area contributed by atoms with Crippen LogP contribution in [-0.4, -0.2) is 21.9 Å². The first kappa shape index (κ1) is 9.99. The fourth-order valence-corrected chi connectivity index (χ4v) is 1.06. The molecule has 3 nitrogen and oxygen atoms in total. The highest BCUT2D eigenvalue weighted by Gasteiger charge is 2.07. The fraction of sp³-hybridized carbons (Fsp3) is 0.333. The summed E-state index contributed by atoms with van der Waals surface area (Å²) in [6.45, 7) is 1.94. The molecule has 0 fully saturated rings. The van der Waals surface area contributed by atoms with E-state index in [1.165, 1.54) is 12.3 Å². The molecule has 0 amide bonds. The maximum Gasteiger partial charge on any atom is 0.337 e. The Morgan fingerprint density at radius 1 is 1.69 bits per heavy atom. The summed E-state index contributed by atoms with van der Waals surface area (Å²) in [6.07, 6.45) is 1.35. The molecular weight excluding hydrogens is 190 g/mol. The number of aromatic nitrogens is 1. The van der Waals surface area contributed by atoms with Crippen LogP contribution in [0.3, 0.4) is 0 Å². The fourth-order valence-electron chi connectivity index (χ4n) is 0.902. The number of halogens is 1. The number of carboxylic acids is 1. The van der Waals surface area contributed by atoms with Gasteiger partial charge < -0.3 is 5.11 Å². The Kier molecular flexibility index (Phi) is 3.25. The molecule has 70 valence electrons. The summed E-state index contributed by atoms with van der Waals surface area (Å²) >= 11 is 5.63. The van der Waals surface area contributed by atoms with Crippen LogP contribution in [-0.2, 0) is 0 Å². The average Bonchev–Trinajstić information content (AvgIpc) is 2.17. The normalized spacial score (nSPS) is 12.5. The number of carboxylic acid groups (broad SMARTS) is 1. The second-order valence-corrected chi connectivity index (χ2v) is 3.14. The number of aromatic carboxylic acids is 1. The lowest BCUT2D eigenvalue weighted by atomic mass is 10.1. The van der Waals surface area contributed by atoms with Crippen molar-refractivity contribution in [3.05, 3.63) is 29.6 Å². The van der Waals surface area contributed by atoms with E-state index < -0.39 is 5.97 Å². The first-order valence-electron chi connectivity index (χ1n) is 3.90. The third-order valence-corrected chi connectivity index (χ3v) is 2.23. The van der Waals surface area contributed by atoms with E-state index in [-0.39, 0.29) is 11.5 Å². The molecule has 0 saturated carbocycles. The molecule has 13 heavy (non-hydrogen) atoms. The minimum absolute atomic E-state index is 0.157. The van der Waals surface area contributed by atoms with Crippen LogP contribution in [0.2, 0.25) is 0 Å².